The van der Waals surface area contributed by atoms with Crippen molar-refractivity contribution >= 4 is 23.6 Å². The van der Waals surface area contributed by atoms with E-state index in [1.807, 2.05) is 0 Å². The molecular weight excluding hydrogens is 641 g/mol. The molecule has 0 aliphatic heterocycles. The Bertz CT molecular complexity index is 2070. The van der Waals surface area contributed by atoms with Crippen molar-refractivity contribution in [2.75, 3.05) is 0 Å². The molecule has 0 heterocycles. The first kappa shape index (κ1) is 35.4. The smallest absolute Gasteiger partial charge is 0.0647 e. The lowest BCUT2D eigenvalue weighted by atomic mass is 10.0. The molecule has 6 aromatic carbocycles. The van der Waals surface area contributed by atoms with Gasteiger partial charge in [-0.05, 0) is 128 Å². The first-order valence-corrected chi connectivity index (χ1v) is 21.0. The maximum absolute atomic E-state index is 2.95. The van der Waals surface area contributed by atoms with Gasteiger partial charge in [-0.1, -0.05) is 173 Å². The molecule has 0 N–H and O–H groups in total. The van der Waals surface area contributed by atoms with Crippen LogP contribution in [0.3, 0.4) is 0 Å². The molecule has 0 radical (unpaired) electrons. The standard InChI is InChI=1S/C51H52Si/c1-35-17-14-20-42(29-35)32-45-23-8-11-26-48(45)52(51-40(6)38(4)39(5)41(51)7,49-27-12-9-24-46(49)33-43-21-15-18-36(2)30-43)50-28-13-10-25-47(50)34-44-22-16-19-37(3)31-44/h8-31,51H,32-34H2,1-7H3. The number of allylic oxidation sites excluding steroid dienone is 4. The van der Waals surface area contributed by atoms with Gasteiger partial charge in [-0.2, -0.15) is 0 Å². The molecule has 0 saturated heterocycles. The molecule has 1 aliphatic rings. The first-order chi connectivity index (χ1) is 25.2. The summed E-state index contributed by atoms with van der Waals surface area (Å²) in [5, 5.41) is 4.61. The van der Waals surface area contributed by atoms with Gasteiger partial charge in [0.2, 0.25) is 0 Å². The van der Waals surface area contributed by atoms with Crippen molar-refractivity contribution in [2.45, 2.75) is 73.3 Å². The number of hydrogen-bond acceptors (Lipinski definition) is 0. The van der Waals surface area contributed by atoms with Gasteiger partial charge in [-0.15, -0.1) is 0 Å². The minimum absolute atomic E-state index is 0.281. The summed E-state index contributed by atoms with van der Waals surface area (Å²) in [5.41, 5.74) is 18.6. The van der Waals surface area contributed by atoms with Crippen molar-refractivity contribution in [3.05, 3.63) is 218 Å². The van der Waals surface area contributed by atoms with Crippen LogP contribution in [-0.2, 0) is 19.3 Å². The van der Waals surface area contributed by atoms with Gasteiger partial charge < -0.3 is 0 Å². The minimum Gasteiger partial charge on any atom is -0.0647 e. The van der Waals surface area contributed by atoms with Crippen LogP contribution in [-0.4, -0.2) is 8.07 Å². The Morgan fingerprint density at radius 1 is 0.365 bits per heavy atom. The highest BCUT2D eigenvalue weighted by atomic mass is 28.3. The summed E-state index contributed by atoms with van der Waals surface area (Å²) in [5.74, 6) is 0. The lowest BCUT2D eigenvalue weighted by Gasteiger charge is -2.44. The van der Waals surface area contributed by atoms with Gasteiger partial charge in [-0.25, -0.2) is 0 Å². The van der Waals surface area contributed by atoms with Crippen LogP contribution in [0, 0.1) is 20.8 Å². The van der Waals surface area contributed by atoms with Crippen LogP contribution >= 0.6 is 0 Å². The van der Waals surface area contributed by atoms with Gasteiger partial charge in [0.15, 0.2) is 8.07 Å². The molecule has 0 fully saturated rings. The van der Waals surface area contributed by atoms with Gasteiger partial charge in [0.25, 0.3) is 0 Å². The molecule has 1 aliphatic carbocycles. The molecule has 0 aromatic heterocycles. The highest BCUT2D eigenvalue weighted by Gasteiger charge is 2.52. The second-order valence-electron chi connectivity index (χ2n) is 15.3. The topological polar surface area (TPSA) is 0 Å². The van der Waals surface area contributed by atoms with Crippen molar-refractivity contribution in [1.29, 1.82) is 0 Å². The Labute approximate surface area is 313 Å². The Morgan fingerprint density at radius 2 is 0.673 bits per heavy atom. The zero-order valence-electron chi connectivity index (χ0n) is 32.1. The molecule has 0 bridgehead atoms. The molecule has 7 rings (SSSR count). The second-order valence-corrected chi connectivity index (χ2v) is 19.1. The molecule has 0 saturated carbocycles. The molecule has 0 unspecified atom stereocenters. The average molecular weight is 693 g/mol. The Kier molecular flexibility index (Phi) is 10.2. The molecule has 0 amide bonds. The van der Waals surface area contributed by atoms with E-state index in [9.17, 15) is 0 Å². The van der Waals surface area contributed by atoms with Gasteiger partial charge in [-0.3, -0.25) is 0 Å². The Morgan fingerprint density at radius 3 is 0.981 bits per heavy atom. The zero-order chi connectivity index (χ0) is 36.4. The number of hydrogen-bond donors (Lipinski definition) is 0. The van der Waals surface area contributed by atoms with E-state index in [0.29, 0.717) is 0 Å². The summed E-state index contributed by atoms with van der Waals surface area (Å²) in [6.45, 7) is 16.2. The fourth-order valence-electron chi connectivity index (χ4n) is 9.20. The van der Waals surface area contributed by atoms with E-state index in [0.717, 1.165) is 19.3 Å². The van der Waals surface area contributed by atoms with E-state index >= 15 is 0 Å². The fraction of sp³-hybridized carbons (Fsp3) is 0.216. The van der Waals surface area contributed by atoms with E-state index < -0.39 is 8.07 Å². The maximum atomic E-state index is 2.52. The predicted molar refractivity (Wildman–Crippen MR) is 226 cm³/mol. The minimum atomic E-state index is -2.95. The second kappa shape index (κ2) is 14.9. The van der Waals surface area contributed by atoms with Crippen molar-refractivity contribution in [3.8, 4) is 0 Å². The van der Waals surface area contributed by atoms with E-state index in [4.69, 9.17) is 0 Å². The monoisotopic (exact) mass is 692 g/mol. The van der Waals surface area contributed by atoms with E-state index in [1.165, 1.54) is 87.9 Å². The maximum Gasteiger partial charge on any atom is 0.160 e. The lowest BCUT2D eigenvalue weighted by molar-refractivity contribution is 1.08. The molecule has 0 atom stereocenters. The summed E-state index contributed by atoms with van der Waals surface area (Å²) in [4.78, 5) is 0. The first-order valence-electron chi connectivity index (χ1n) is 18.9. The van der Waals surface area contributed by atoms with E-state index in [2.05, 4.69) is 194 Å². The van der Waals surface area contributed by atoms with E-state index in [-0.39, 0.29) is 5.54 Å². The van der Waals surface area contributed by atoms with Crippen LogP contribution in [0.1, 0.15) is 77.8 Å². The third kappa shape index (κ3) is 6.71. The molecule has 52 heavy (non-hydrogen) atoms. The van der Waals surface area contributed by atoms with Crippen LogP contribution in [0.5, 0.6) is 0 Å². The number of benzene rings is 6. The summed E-state index contributed by atoms with van der Waals surface area (Å²) >= 11 is 0. The third-order valence-electron chi connectivity index (χ3n) is 11.8. The van der Waals surface area contributed by atoms with Crippen LogP contribution in [0.2, 0.25) is 5.54 Å². The highest BCUT2D eigenvalue weighted by Crippen LogP contribution is 2.47. The average Bonchev–Trinajstić information content (AvgIpc) is 3.32. The van der Waals surface area contributed by atoms with Gasteiger partial charge >= 0.3 is 0 Å². The summed E-state index contributed by atoms with van der Waals surface area (Å²) in [6, 6.07) is 55.9. The van der Waals surface area contributed by atoms with Gasteiger partial charge in [0, 0.05) is 5.54 Å². The van der Waals surface area contributed by atoms with Gasteiger partial charge in [0.05, 0.1) is 0 Å². The fourth-order valence-corrected chi connectivity index (χ4v) is 15.9. The normalized spacial score (nSPS) is 13.7. The molecule has 0 nitrogen and oxygen atoms in total. The van der Waals surface area contributed by atoms with Gasteiger partial charge in [0.1, 0.15) is 0 Å². The summed E-state index contributed by atoms with van der Waals surface area (Å²) in [6.07, 6.45) is 2.72. The molecule has 260 valence electrons. The number of aryl methyl sites for hydroxylation is 3. The number of rotatable bonds is 10. The SMILES string of the molecule is CC1=C(C)C([Si](c2ccccc2Cc2cccc(C)c2)(c2ccccc2Cc2cccc(C)c2)c2ccccc2Cc2cccc(C)c2)C(C)=C1C. The van der Waals surface area contributed by atoms with Crippen molar-refractivity contribution in [1.82, 2.24) is 0 Å². The van der Waals surface area contributed by atoms with Crippen molar-refractivity contribution < 1.29 is 0 Å². The Hall–Kier alpha value is -4.98. The Balaban J connectivity index is 1.61. The van der Waals surface area contributed by atoms with Crippen LogP contribution in [0.4, 0.5) is 0 Å². The quantitative estimate of drug-likeness (QED) is 0.0990. The van der Waals surface area contributed by atoms with Crippen LogP contribution < -0.4 is 15.6 Å². The third-order valence-corrected chi connectivity index (χ3v) is 17.5. The molecule has 1 heteroatoms. The lowest BCUT2D eigenvalue weighted by Crippen LogP contribution is -2.72. The van der Waals surface area contributed by atoms with Crippen molar-refractivity contribution in [2.24, 2.45) is 0 Å². The van der Waals surface area contributed by atoms with E-state index in [1.54, 1.807) is 0 Å². The molecule has 6 aromatic rings. The van der Waals surface area contributed by atoms with Crippen LogP contribution in [0.15, 0.2) is 168 Å². The molecule has 0 spiro atoms. The van der Waals surface area contributed by atoms with Crippen LogP contribution in [0.25, 0.3) is 0 Å². The summed E-state index contributed by atoms with van der Waals surface area (Å²) < 4.78 is 0. The summed E-state index contributed by atoms with van der Waals surface area (Å²) in [7, 11) is -2.95. The molecular formula is C51H52Si. The predicted octanol–water partition coefficient (Wildman–Crippen LogP) is 10.9. The highest BCUT2D eigenvalue weighted by molar-refractivity contribution is 7.13. The zero-order valence-corrected chi connectivity index (χ0v) is 33.1. The largest absolute Gasteiger partial charge is 0.160 e. The van der Waals surface area contributed by atoms with Crippen molar-refractivity contribution in [3.63, 3.8) is 0 Å².